The Kier molecular flexibility index (Phi) is 12.9. The number of anilines is 6. The Labute approximate surface area is 633 Å². The lowest BCUT2D eigenvalue weighted by Gasteiger charge is -2.42. The van der Waals surface area contributed by atoms with Crippen molar-refractivity contribution < 1.29 is 0 Å². The standard InChI is InChI=1S/C106H80N2/c1-102(2)87-34-18-17-32-79(87)80-49-47-76(58-91(80)102)107(75-48-52-88-82(57-75)84-60-94-85(61-92(84)103(88,3)4)99-77-30-15-13-24-66(77)40-50-89(99)105(94,7)8)73-43-38-65(39-44-73)68-26-19-27-69(54-68)70-28-20-29-71(55-70)72-42-53-97-96(56-72)106(9)95-62-86-93(104(5,6)90-51-41-67-25-14-16-31-78(67)100(86)90)59-83(95)81-33-21-35-98(101(81)106)108(97)74-45-36-64(37-46-74)63-22-11-10-12-23-63/h10-62H,1-9H3. The van der Waals surface area contributed by atoms with Gasteiger partial charge in [-0.05, 0) is 293 Å². The first-order valence-corrected chi connectivity index (χ1v) is 38.6. The summed E-state index contributed by atoms with van der Waals surface area (Å²) in [6.45, 7) is 21.9. The smallest absolute Gasteiger partial charge is 0.0512 e. The lowest BCUT2D eigenvalue weighted by molar-refractivity contribution is 0.652. The fourth-order valence-corrected chi connectivity index (χ4v) is 20.9. The Morgan fingerprint density at radius 3 is 1.30 bits per heavy atom. The number of hydrogen-bond donors (Lipinski definition) is 0. The van der Waals surface area contributed by atoms with Crippen LogP contribution < -0.4 is 9.80 Å². The van der Waals surface area contributed by atoms with Crippen LogP contribution in [-0.2, 0) is 27.1 Å². The van der Waals surface area contributed by atoms with Crippen molar-refractivity contribution in [1.82, 2.24) is 0 Å². The van der Waals surface area contributed by atoms with Crippen LogP contribution in [0.2, 0.25) is 0 Å². The van der Waals surface area contributed by atoms with Crippen LogP contribution >= 0.6 is 0 Å². The summed E-state index contributed by atoms with van der Waals surface area (Å²) in [7, 11) is 0. The first-order valence-electron chi connectivity index (χ1n) is 38.6. The molecule has 16 aromatic carbocycles. The molecule has 108 heavy (non-hydrogen) atoms. The summed E-state index contributed by atoms with van der Waals surface area (Å²) in [6.07, 6.45) is 0. The quantitative estimate of drug-likeness (QED) is 0.150. The Bertz CT molecular complexity index is 6620. The van der Waals surface area contributed by atoms with E-state index in [0.717, 1.165) is 22.7 Å². The van der Waals surface area contributed by atoms with E-state index in [1.807, 2.05) is 0 Å². The first-order chi connectivity index (χ1) is 52.4. The second kappa shape index (κ2) is 22.1. The Balaban J connectivity index is 0.638. The van der Waals surface area contributed by atoms with Gasteiger partial charge in [0.2, 0.25) is 0 Å². The third-order valence-corrected chi connectivity index (χ3v) is 26.6. The fourth-order valence-electron chi connectivity index (χ4n) is 20.9. The second-order valence-corrected chi connectivity index (χ2v) is 33.7. The number of nitrogens with zero attached hydrogens (tertiary/aromatic N) is 2. The van der Waals surface area contributed by atoms with E-state index in [1.165, 1.54) is 194 Å². The van der Waals surface area contributed by atoms with Gasteiger partial charge in [0.1, 0.15) is 0 Å². The molecule has 16 aromatic rings. The SMILES string of the molecule is CC1(C)c2ccccc2-c2ccc(N(c3ccc(-c4cccc(-c5cccc(-c6ccc7c(c6)C6(C)c8cc9c(cc8-c8cccc(c86)N7c6ccc(-c7ccccc7)cc6)C(C)(C)c6ccc7ccccc7c6-9)c5)c4)cc3)c3ccc4c(c3)-c3cc5c(cc3C4(C)C)-c3c(ccc4ccccc34)C5(C)C)cc21. The Morgan fingerprint density at radius 2 is 0.639 bits per heavy atom. The molecule has 2 heteroatoms. The topological polar surface area (TPSA) is 6.48 Å². The van der Waals surface area contributed by atoms with Gasteiger partial charge in [-0.1, -0.05) is 274 Å². The van der Waals surface area contributed by atoms with Crippen molar-refractivity contribution in [1.29, 1.82) is 0 Å². The van der Waals surface area contributed by atoms with Crippen LogP contribution in [0.1, 0.15) is 124 Å². The zero-order chi connectivity index (χ0) is 72.6. The van der Waals surface area contributed by atoms with Gasteiger partial charge in [0.15, 0.2) is 0 Å². The van der Waals surface area contributed by atoms with Crippen molar-refractivity contribution in [2.24, 2.45) is 0 Å². The zero-order valence-corrected chi connectivity index (χ0v) is 62.5. The highest BCUT2D eigenvalue weighted by Gasteiger charge is 2.51. The van der Waals surface area contributed by atoms with E-state index in [1.54, 1.807) is 0 Å². The minimum atomic E-state index is -0.476. The van der Waals surface area contributed by atoms with E-state index in [4.69, 9.17) is 0 Å². The van der Waals surface area contributed by atoms with Crippen LogP contribution in [0.5, 0.6) is 0 Å². The molecule has 1 unspecified atom stereocenters. The molecule has 0 spiro atoms. The third-order valence-electron chi connectivity index (χ3n) is 26.6. The van der Waals surface area contributed by atoms with E-state index in [9.17, 15) is 0 Å². The van der Waals surface area contributed by atoms with Crippen molar-refractivity contribution in [3.63, 3.8) is 0 Å². The molecule has 5 aliphatic carbocycles. The second-order valence-electron chi connectivity index (χ2n) is 33.7. The predicted molar refractivity (Wildman–Crippen MR) is 454 cm³/mol. The van der Waals surface area contributed by atoms with Crippen molar-refractivity contribution in [2.75, 3.05) is 9.80 Å². The van der Waals surface area contributed by atoms with E-state index < -0.39 is 5.41 Å². The molecule has 0 radical (unpaired) electrons. The number of hydrogen-bond acceptors (Lipinski definition) is 2. The van der Waals surface area contributed by atoms with Crippen LogP contribution in [0.3, 0.4) is 0 Å². The van der Waals surface area contributed by atoms with Gasteiger partial charge >= 0.3 is 0 Å². The van der Waals surface area contributed by atoms with Gasteiger partial charge in [0, 0.05) is 49.8 Å². The highest BCUT2D eigenvalue weighted by Crippen LogP contribution is 2.66. The minimum Gasteiger partial charge on any atom is -0.310 e. The first kappa shape index (κ1) is 63.0. The van der Waals surface area contributed by atoms with Crippen LogP contribution in [0, 0.1) is 0 Å². The van der Waals surface area contributed by atoms with E-state index in [-0.39, 0.29) is 21.7 Å². The van der Waals surface area contributed by atoms with Crippen LogP contribution in [0.15, 0.2) is 322 Å². The fraction of sp³-hybridized carbons (Fsp3) is 0.132. The van der Waals surface area contributed by atoms with Crippen molar-refractivity contribution >= 4 is 55.7 Å². The van der Waals surface area contributed by atoms with Crippen LogP contribution in [-0.4, -0.2) is 0 Å². The van der Waals surface area contributed by atoms with Crippen molar-refractivity contribution in [3.8, 4) is 100 Å². The van der Waals surface area contributed by atoms with Gasteiger partial charge in [0.05, 0.1) is 11.4 Å². The molecule has 0 bridgehead atoms. The summed E-state index contributed by atoms with van der Waals surface area (Å²) in [5.74, 6) is 0. The Hall–Kier alpha value is -12.4. The zero-order valence-electron chi connectivity index (χ0n) is 62.5. The predicted octanol–water partition coefficient (Wildman–Crippen LogP) is 28.5. The molecule has 1 aliphatic heterocycles. The monoisotopic (exact) mass is 1380 g/mol. The normalized spacial score (nSPS) is 16.5. The number of rotatable bonds is 8. The third kappa shape index (κ3) is 8.60. The summed E-state index contributed by atoms with van der Waals surface area (Å²) in [5, 5.41) is 5.23. The maximum Gasteiger partial charge on any atom is 0.0512 e. The van der Waals surface area contributed by atoms with Gasteiger partial charge < -0.3 is 9.80 Å². The largest absolute Gasteiger partial charge is 0.310 e. The van der Waals surface area contributed by atoms with Gasteiger partial charge in [-0.3, -0.25) is 0 Å². The maximum atomic E-state index is 2.61. The molecule has 0 fully saturated rings. The van der Waals surface area contributed by atoms with E-state index >= 15 is 0 Å². The molecule has 0 saturated carbocycles. The van der Waals surface area contributed by atoms with Gasteiger partial charge in [-0.15, -0.1) is 0 Å². The van der Waals surface area contributed by atoms with Crippen molar-refractivity contribution in [2.45, 2.75) is 89.4 Å². The molecule has 0 amide bonds. The van der Waals surface area contributed by atoms with Crippen molar-refractivity contribution in [3.05, 3.63) is 383 Å². The molecule has 0 N–H and O–H groups in total. The van der Waals surface area contributed by atoms with E-state index in [2.05, 4.69) is 394 Å². The highest BCUT2D eigenvalue weighted by molar-refractivity contribution is 6.07. The maximum absolute atomic E-state index is 2.61. The minimum absolute atomic E-state index is 0.155. The lowest BCUT2D eigenvalue weighted by Crippen LogP contribution is -2.32. The summed E-state index contributed by atoms with van der Waals surface area (Å²) < 4.78 is 0. The molecule has 22 rings (SSSR count). The van der Waals surface area contributed by atoms with E-state index in [0.29, 0.717) is 0 Å². The molecule has 1 heterocycles. The molecule has 514 valence electrons. The molecule has 0 aromatic heterocycles. The van der Waals surface area contributed by atoms with Gasteiger partial charge in [0.25, 0.3) is 0 Å². The summed E-state index contributed by atoms with van der Waals surface area (Å²) in [5.41, 5.74) is 43.9. The molecule has 2 nitrogen and oxygen atoms in total. The lowest BCUT2D eigenvalue weighted by atomic mass is 9.69. The molecular formula is C106H80N2. The number of fused-ring (bicyclic) bond motifs is 21. The van der Waals surface area contributed by atoms with Crippen LogP contribution in [0.4, 0.5) is 34.1 Å². The molecule has 6 aliphatic rings. The molecule has 1 atom stereocenters. The highest BCUT2D eigenvalue weighted by atomic mass is 15.2. The van der Waals surface area contributed by atoms with Gasteiger partial charge in [-0.25, -0.2) is 0 Å². The number of benzene rings is 16. The van der Waals surface area contributed by atoms with Crippen LogP contribution in [0.25, 0.3) is 122 Å². The summed E-state index contributed by atoms with van der Waals surface area (Å²) in [4.78, 5) is 5.05. The van der Waals surface area contributed by atoms with Gasteiger partial charge in [-0.2, -0.15) is 0 Å². The average molecular weight is 1380 g/mol. The molecular weight excluding hydrogens is 1300 g/mol. The Morgan fingerprint density at radius 1 is 0.222 bits per heavy atom. The molecule has 0 saturated heterocycles. The summed E-state index contributed by atoms with van der Waals surface area (Å²) >= 11 is 0. The average Bonchev–Trinajstić information content (AvgIpc) is 1.48. The summed E-state index contributed by atoms with van der Waals surface area (Å²) in [6, 6.07) is 123.